The lowest BCUT2D eigenvalue weighted by Crippen LogP contribution is -2.44. The average Bonchev–Trinajstić information content (AvgIpc) is 2.57. The van der Waals surface area contributed by atoms with Crippen molar-refractivity contribution >= 4 is 13.5 Å². The summed E-state index contributed by atoms with van der Waals surface area (Å²) in [5, 5.41) is 10.1. The van der Waals surface area contributed by atoms with Crippen LogP contribution in [-0.2, 0) is 9.36 Å². The van der Waals surface area contributed by atoms with Crippen molar-refractivity contribution in [3.8, 4) is 0 Å². The van der Waals surface area contributed by atoms with Crippen molar-refractivity contribution in [2.75, 3.05) is 12.7 Å². The molecule has 1 fully saturated rings. The highest BCUT2D eigenvalue weighted by atomic mass is 31.2. The second-order valence-electron chi connectivity index (χ2n) is 7.66. The number of rotatable bonds is 14. The van der Waals surface area contributed by atoms with E-state index in [-0.39, 0.29) is 24.2 Å². The fourth-order valence-corrected chi connectivity index (χ4v) is 4.35. The molecular weight excluding hydrogens is 353 g/mol. The molecule has 2 atom stereocenters. The van der Waals surface area contributed by atoms with Crippen LogP contribution >= 0.6 is 7.60 Å². The van der Waals surface area contributed by atoms with Gasteiger partial charge in [0.25, 0.3) is 0 Å². The molecule has 154 valence electrons. The van der Waals surface area contributed by atoms with Crippen LogP contribution in [0.25, 0.3) is 0 Å². The quantitative estimate of drug-likeness (QED) is 0.309. The smallest absolute Gasteiger partial charge is 0.325 e. The Morgan fingerprint density at radius 2 is 1.85 bits per heavy atom. The van der Waals surface area contributed by atoms with Gasteiger partial charge in [0, 0.05) is 25.2 Å². The molecule has 1 heterocycles. The Morgan fingerprint density at radius 1 is 1.12 bits per heavy atom. The van der Waals surface area contributed by atoms with Gasteiger partial charge in [-0.25, -0.2) is 0 Å². The fraction of sp³-hybridized carbons (Fsp3) is 0.947. The summed E-state index contributed by atoms with van der Waals surface area (Å²) < 4.78 is 10.8. The number of likely N-dealkylation sites (tertiary alicyclic amines) is 1. The van der Waals surface area contributed by atoms with Gasteiger partial charge in [0.05, 0.1) is 6.10 Å². The van der Waals surface area contributed by atoms with Gasteiger partial charge >= 0.3 is 7.60 Å². The van der Waals surface area contributed by atoms with Crippen molar-refractivity contribution in [2.24, 2.45) is 0 Å². The van der Waals surface area contributed by atoms with Crippen molar-refractivity contribution in [2.45, 2.75) is 103 Å². The zero-order chi connectivity index (χ0) is 19.4. The number of aliphatic hydroxyl groups excluding tert-OH is 1. The van der Waals surface area contributed by atoms with Gasteiger partial charge in [0.2, 0.25) is 5.91 Å². The van der Waals surface area contributed by atoms with Crippen molar-refractivity contribution in [3.63, 3.8) is 0 Å². The summed E-state index contributed by atoms with van der Waals surface area (Å²) in [7, 11) is -3.88. The monoisotopic (exact) mass is 391 g/mol. The maximum atomic E-state index is 12.3. The molecule has 1 aliphatic rings. The van der Waals surface area contributed by atoms with Crippen molar-refractivity contribution in [1.29, 1.82) is 0 Å². The number of piperidine rings is 1. The molecule has 0 aromatic rings. The van der Waals surface area contributed by atoms with E-state index in [1.165, 1.54) is 0 Å². The van der Waals surface area contributed by atoms with Crippen molar-refractivity contribution in [3.05, 3.63) is 0 Å². The molecule has 1 amide bonds. The summed E-state index contributed by atoms with van der Waals surface area (Å²) >= 11 is 0. The third-order valence-electron chi connectivity index (χ3n) is 5.26. The minimum absolute atomic E-state index is 0.0474. The number of nitrogens with zero attached hydrogens (tertiary/aromatic N) is 1. The zero-order valence-corrected chi connectivity index (χ0v) is 17.2. The summed E-state index contributed by atoms with van der Waals surface area (Å²) in [6, 6.07) is 0.243. The van der Waals surface area contributed by atoms with E-state index in [9.17, 15) is 14.5 Å². The molecule has 6 nitrogen and oxygen atoms in total. The maximum absolute atomic E-state index is 12.3. The van der Waals surface area contributed by atoms with Gasteiger partial charge in [-0.1, -0.05) is 39.0 Å². The molecule has 0 spiro atoms. The first kappa shape index (κ1) is 23.6. The summed E-state index contributed by atoms with van der Waals surface area (Å²) in [4.78, 5) is 32.0. The second kappa shape index (κ2) is 12.9. The van der Waals surface area contributed by atoms with Gasteiger partial charge < -0.3 is 19.8 Å². The predicted molar refractivity (Wildman–Crippen MR) is 104 cm³/mol. The molecule has 1 rings (SSSR count). The van der Waals surface area contributed by atoms with Gasteiger partial charge in [-0.05, 0) is 44.9 Å². The molecule has 1 unspecified atom stereocenters. The lowest BCUT2D eigenvalue weighted by molar-refractivity contribution is -0.136. The standard InChI is InChI=1S/C19H38NO5P/c1-2-3-6-11-18(21)14-13-17-10-9-12-19(22)20(17)15-7-4-5-8-16-26(23,24)25/h17-18,21H,2-16H2,1H3,(H2,23,24,25)/t17-,18?/m1/s1. The Hall–Kier alpha value is -0.420. The van der Waals surface area contributed by atoms with Gasteiger partial charge in [0.1, 0.15) is 0 Å². The Labute approximate surface area is 158 Å². The fourth-order valence-electron chi connectivity index (χ4n) is 3.71. The summed E-state index contributed by atoms with van der Waals surface area (Å²) in [5.41, 5.74) is 0. The highest BCUT2D eigenvalue weighted by molar-refractivity contribution is 7.51. The van der Waals surface area contributed by atoms with Crippen LogP contribution < -0.4 is 0 Å². The van der Waals surface area contributed by atoms with Gasteiger partial charge in [0.15, 0.2) is 0 Å². The molecule has 0 radical (unpaired) electrons. The van der Waals surface area contributed by atoms with Crippen LogP contribution in [0.5, 0.6) is 0 Å². The molecule has 26 heavy (non-hydrogen) atoms. The Balaban J connectivity index is 2.28. The number of hydrogen-bond acceptors (Lipinski definition) is 3. The summed E-state index contributed by atoms with van der Waals surface area (Å²) in [6.07, 6.45) is 11.2. The highest BCUT2D eigenvalue weighted by Gasteiger charge is 2.27. The van der Waals surface area contributed by atoms with Gasteiger partial charge in [-0.2, -0.15) is 0 Å². The van der Waals surface area contributed by atoms with E-state index in [1.807, 2.05) is 4.90 Å². The van der Waals surface area contributed by atoms with E-state index in [1.54, 1.807) is 0 Å². The highest BCUT2D eigenvalue weighted by Crippen LogP contribution is 2.35. The van der Waals surface area contributed by atoms with Gasteiger partial charge in [-0.15, -0.1) is 0 Å². The predicted octanol–water partition coefficient (Wildman–Crippen LogP) is 3.83. The van der Waals surface area contributed by atoms with E-state index >= 15 is 0 Å². The Bertz CT molecular complexity index is 440. The summed E-state index contributed by atoms with van der Waals surface area (Å²) in [5.74, 6) is 0.219. The second-order valence-corrected chi connectivity index (χ2v) is 9.44. The number of amides is 1. The number of aliphatic hydroxyl groups is 1. The van der Waals surface area contributed by atoms with Crippen LogP contribution in [0.2, 0.25) is 0 Å². The summed E-state index contributed by atoms with van der Waals surface area (Å²) in [6.45, 7) is 2.88. The topological polar surface area (TPSA) is 98.1 Å². The first-order valence-corrected chi connectivity index (χ1v) is 12.2. The SMILES string of the molecule is CCCCCC(O)CC[C@H]1CCCC(=O)N1CCCCCCP(=O)(O)O. The van der Waals surface area contributed by atoms with E-state index in [2.05, 4.69) is 6.92 Å². The molecule has 1 aliphatic heterocycles. The molecule has 0 aromatic heterocycles. The molecule has 0 bridgehead atoms. The first-order chi connectivity index (χ1) is 12.3. The van der Waals surface area contributed by atoms with E-state index in [4.69, 9.17) is 9.79 Å². The largest absolute Gasteiger partial charge is 0.393 e. The molecule has 1 saturated heterocycles. The number of unbranched alkanes of at least 4 members (excludes halogenated alkanes) is 5. The molecule has 7 heteroatoms. The molecule has 0 saturated carbocycles. The third-order valence-corrected chi connectivity index (χ3v) is 6.16. The Morgan fingerprint density at radius 3 is 2.54 bits per heavy atom. The molecule has 3 N–H and O–H groups in total. The minimum atomic E-state index is -3.88. The van der Waals surface area contributed by atoms with E-state index < -0.39 is 7.60 Å². The maximum Gasteiger partial charge on any atom is 0.325 e. The normalized spacial score (nSPS) is 19.8. The van der Waals surface area contributed by atoms with Crippen LogP contribution in [0.15, 0.2) is 0 Å². The minimum Gasteiger partial charge on any atom is -0.393 e. The lowest BCUT2D eigenvalue weighted by Gasteiger charge is -2.36. The van der Waals surface area contributed by atoms with Crippen molar-refractivity contribution in [1.82, 2.24) is 4.90 Å². The third kappa shape index (κ3) is 10.7. The van der Waals surface area contributed by atoms with Crippen LogP contribution in [0.4, 0.5) is 0 Å². The zero-order valence-electron chi connectivity index (χ0n) is 16.3. The van der Waals surface area contributed by atoms with Crippen LogP contribution in [0, 0.1) is 0 Å². The lowest BCUT2D eigenvalue weighted by atomic mass is 9.94. The number of carbonyl (C=O) groups excluding carboxylic acids is 1. The van der Waals surface area contributed by atoms with E-state index in [0.717, 1.165) is 77.2 Å². The van der Waals surface area contributed by atoms with Crippen molar-refractivity contribution < 1.29 is 24.3 Å². The molecule has 0 aliphatic carbocycles. The Kier molecular flexibility index (Phi) is 11.7. The average molecular weight is 391 g/mol. The van der Waals surface area contributed by atoms with Crippen LogP contribution in [-0.4, -0.2) is 50.6 Å². The first-order valence-electron chi connectivity index (χ1n) is 10.4. The number of hydrogen-bond donors (Lipinski definition) is 3. The number of carbonyl (C=O) groups is 1. The molecule has 0 aromatic carbocycles. The van der Waals surface area contributed by atoms with Crippen LogP contribution in [0.1, 0.15) is 90.4 Å². The molecular formula is C19H38NO5P. The van der Waals surface area contributed by atoms with Gasteiger partial charge in [-0.3, -0.25) is 9.36 Å². The van der Waals surface area contributed by atoms with E-state index in [0.29, 0.717) is 12.8 Å². The van der Waals surface area contributed by atoms with Crippen LogP contribution in [0.3, 0.4) is 0 Å².